The van der Waals surface area contributed by atoms with Crippen LogP contribution in [-0.2, 0) is 0 Å². The third-order valence-corrected chi connectivity index (χ3v) is 4.71. The third kappa shape index (κ3) is 3.43. The molecule has 0 aromatic carbocycles. The van der Waals surface area contributed by atoms with E-state index >= 15 is 0 Å². The molecule has 100 valence electrons. The Labute approximate surface area is 107 Å². The number of piperidine rings is 1. The molecule has 1 N–H and O–H groups in total. The molecular weight excluding hydrogens is 210 g/mol. The van der Waals surface area contributed by atoms with Gasteiger partial charge in [0, 0.05) is 18.1 Å². The first-order chi connectivity index (χ1) is 7.97. The quantitative estimate of drug-likeness (QED) is 0.803. The topological polar surface area (TPSA) is 18.5 Å². The van der Waals surface area contributed by atoms with E-state index in [4.69, 9.17) is 0 Å². The van der Waals surface area contributed by atoms with Gasteiger partial charge in [-0.05, 0) is 72.8 Å². The maximum absolute atomic E-state index is 3.92. The maximum Gasteiger partial charge on any atom is 0.0168 e. The highest BCUT2D eigenvalue weighted by Gasteiger charge is 2.35. The Hall–Kier alpha value is -0.120. The zero-order chi connectivity index (χ0) is 12.5. The van der Waals surface area contributed by atoms with Gasteiger partial charge in [0.05, 0.1) is 0 Å². The molecule has 0 amide bonds. The minimum absolute atomic E-state index is 0.297. The van der Waals surface area contributed by atoms with Crippen LogP contribution in [0.4, 0.5) is 0 Å². The van der Waals surface area contributed by atoms with Crippen LogP contribution in [0.5, 0.6) is 0 Å². The van der Waals surface area contributed by atoms with Crippen LogP contribution >= 0.6 is 0 Å². The summed E-state index contributed by atoms with van der Waals surface area (Å²) in [6.45, 7) is 9.82. The summed E-state index contributed by atoms with van der Waals surface area (Å²) in [6, 6.07) is 0.729. The highest BCUT2D eigenvalue weighted by Crippen LogP contribution is 2.27. The van der Waals surface area contributed by atoms with E-state index in [1.165, 1.54) is 45.4 Å². The number of likely N-dealkylation sites (tertiary alicyclic amines) is 2. The number of rotatable bonds is 3. The molecule has 2 fully saturated rings. The zero-order valence-electron chi connectivity index (χ0n) is 12.0. The number of nitrogens with zero attached hydrogens (tertiary/aromatic N) is 2. The van der Waals surface area contributed by atoms with Gasteiger partial charge in [-0.25, -0.2) is 0 Å². The molecule has 1 unspecified atom stereocenters. The van der Waals surface area contributed by atoms with Crippen molar-refractivity contribution < 1.29 is 0 Å². The molecule has 1 atom stereocenters. The minimum atomic E-state index is 0.297. The van der Waals surface area contributed by atoms with Gasteiger partial charge in [0.2, 0.25) is 0 Å². The largest absolute Gasteiger partial charge is 0.309 e. The van der Waals surface area contributed by atoms with Crippen LogP contribution in [0.1, 0.15) is 33.1 Å². The van der Waals surface area contributed by atoms with E-state index in [1.54, 1.807) is 0 Å². The first-order valence-electron chi connectivity index (χ1n) is 7.12. The second kappa shape index (κ2) is 5.25. The van der Waals surface area contributed by atoms with Crippen LogP contribution < -0.4 is 5.32 Å². The van der Waals surface area contributed by atoms with Crippen LogP contribution in [-0.4, -0.2) is 61.7 Å². The zero-order valence-corrected chi connectivity index (χ0v) is 12.0. The Morgan fingerprint density at radius 2 is 1.53 bits per heavy atom. The summed E-state index contributed by atoms with van der Waals surface area (Å²) in [6.07, 6.45) is 3.97. The Morgan fingerprint density at radius 3 is 2.06 bits per heavy atom. The van der Waals surface area contributed by atoms with Crippen LogP contribution in [0.15, 0.2) is 0 Å². The fourth-order valence-electron chi connectivity index (χ4n) is 3.32. The highest BCUT2D eigenvalue weighted by molar-refractivity contribution is 4.94. The van der Waals surface area contributed by atoms with E-state index in [0.29, 0.717) is 5.54 Å². The van der Waals surface area contributed by atoms with Gasteiger partial charge in [-0.15, -0.1) is 0 Å². The lowest BCUT2D eigenvalue weighted by Crippen LogP contribution is -2.54. The lowest BCUT2D eigenvalue weighted by molar-refractivity contribution is 0.171. The Kier molecular flexibility index (Phi) is 4.11. The second-order valence-electron chi connectivity index (χ2n) is 6.69. The summed E-state index contributed by atoms with van der Waals surface area (Å²) in [4.78, 5) is 4.90. The summed E-state index contributed by atoms with van der Waals surface area (Å²) < 4.78 is 0. The van der Waals surface area contributed by atoms with Gasteiger partial charge in [0.25, 0.3) is 0 Å². The van der Waals surface area contributed by atoms with Gasteiger partial charge in [0.15, 0.2) is 0 Å². The summed E-state index contributed by atoms with van der Waals surface area (Å²) in [5, 5.41) is 3.92. The Morgan fingerprint density at radius 1 is 0.941 bits per heavy atom. The van der Waals surface area contributed by atoms with Crippen molar-refractivity contribution >= 4 is 0 Å². The molecule has 3 nitrogen and oxygen atoms in total. The molecule has 0 aromatic rings. The molecule has 2 rings (SSSR count). The van der Waals surface area contributed by atoms with Crippen molar-refractivity contribution in [3.05, 3.63) is 0 Å². The predicted octanol–water partition coefficient (Wildman–Crippen LogP) is 1.40. The van der Waals surface area contributed by atoms with Gasteiger partial charge >= 0.3 is 0 Å². The van der Waals surface area contributed by atoms with Crippen LogP contribution in [0.3, 0.4) is 0 Å². The van der Waals surface area contributed by atoms with Crippen molar-refractivity contribution in [2.75, 3.05) is 40.3 Å². The van der Waals surface area contributed by atoms with Crippen molar-refractivity contribution in [3.8, 4) is 0 Å². The summed E-state index contributed by atoms with van der Waals surface area (Å²) >= 11 is 0. The summed E-state index contributed by atoms with van der Waals surface area (Å²) in [7, 11) is 4.47. The molecule has 2 heterocycles. The lowest BCUT2D eigenvalue weighted by Gasteiger charge is -2.39. The molecule has 0 aromatic heterocycles. The molecule has 0 bridgehead atoms. The standard InChI is InChI=1S/C14H29N3/c1-14(2,12-5-8-17(4)11-12)15-13-6-9-16(3)10-7-13/h12-13,15H,5-11H2,1-4H3. The molecule has 0 aliphatic carbocycles. The molecule has 2 aliphatic rings. The average molecular weight is 239 g/mol. The number of hydrogen-bond donors (Lipinski definition) is 1. The van der Waals surface area contributed by atoms with Crippen molar-refractivity contribution in [1.82, 2.24) is 15.1 Å². The summed E-state index contributed by atoms with van der Waals surface area (Å²) in [5.41, 5.74) is 0.297. The van der Waals surface area contributed by atoms with E-state index in [0.717, 1.165) is 12.0 Å². The fraction of sp³-hybridized carbons (Fsp3) is 1.00. The molecule has 17 heavy (non-hydrogen) atoms. The lowest BCUT2D eigenvalue weighted by atomic mass is 9.85. The third-order valence-electron chi connectivity index (χ3n) is 4.71. The Bertz CT molecular complexity index is 244. The van der Waals surface area contributed by atoms with Crippen LogP contribution in [0, 0.1) is 5.92 Å². The van der Waals surface area contributed by atoms with E-state index in [1.807, 2.05) is 0 Å². The van der Waals surface area contributed by atoms with Crippen molar-refractivity contribution in [1.29, 1.82) is 0 Å². The SMILES string of the molecule is CN1CCC(NC(C)(C)C2CCN(C)C2)CC1. The molecular formula is C14H29N3. The van der Waals surface area contributed by atoms with E-state index in [2.05, 4.69) is 43.1 Å². The van der Waals surface area contributed by atoms with Gasteiger partial charge in [-0.2, -0.15) is 0 Å². The van der Waals surface area contributed by atoms with Gasteiger partial charge in [0.1, 0.15) is 0 Å². The van der Waals surface area contributed by atoms with Gasteiger partial charge in [-0.1, -0.05) is 0 Å². The first kappa shape index (κ1) is 13.3. The highest BCUT2D eigenvalue weighted by atomic mass is 15.2. The summed E-state index contributed by atoms with van der Waals surface area (Å²) in [5.74, 6) is 0.812. The molecule has 0 saturated carbocycles. The van der Waals surface area contributed by atoms with Gasteiger partial charge in [-0.3, -0.25) is 0 Å². The minimum Gasteiger partial charge on any atom is -0.309 e. The maximum atomic E-state index is 3.92. The predicted molar refractivity (Wildman–Crippen MR) is 73.3 cm³/mol. The molecule has 2 aliphatic heterocycles. The molecule has 3 heteroatoms. The number of nitrogens with one attached hydrogen (secondary N) is 1. The van der Waals surface area contributed by atoms with E-state index < -0.39 is 0 Å². The van der Waals surface area contributed by atoms with Crippen molar-refractivity contribution in [2.45, 2.75) is 44.7 Å². The Balaban J connectivity index is 1.84. The van der Waals surface area contributed by atoms with Crippen molar-refractivity contribution in [3.63, 3.8) is 0 Å². The molecule has 0 spiro atoms. The first-order valence-corrected chi connectivity index (χ1v) is 7.12. The normalized spacial score (nSPS) is 30.0. The second-order valence-corrected chi connectivity index (χ2v) is 6.69. The van der Waals surface area contributed by atoms with E-state index in [9.17, 15) is 0 Å². The van der Waals surface area contributed by atoms with Crippen LogP contribution in [0.25, 0.3) is 0 Å². The molecule has 0 radical (unpaired) electrons. The smallest absolute Gasteiger partial charge is 0.0168 e. The average Bonchev–Trinajstić information content (AvgIpc) is 2.69. The fourth-order valence-corrected chi connectivity index (χ4v) is 3.32. The van der Waals surface area contributed by atoms with Crippen LogP contribution in [0.2, 0.25) is 0 Å². The van der Waals surface area contributed by atoms with E-state index in [-0.39, 0.29) is 0 Å². The van der Waals surface area contributed by atoms with Gasteiger partial charge < -0.3 is 15.1 Å². The number of hydrogen-bond acceptors (Lipinski definition) is 3. The molecule has 2 saturated heterocycles. The monoisotopic (exact) mass is 239 g/mol. The van der Waals surface area contributed by atoms with Crippen molar-refractivity contribution in [2.24, 2.45) is 5.92 Å².